The summed E-state index contributed by atoms with van der Waals surface area (Å²) in [5.41, 5.74) is 2.33. The molecule has 3 aromatic rings. The number of sulfonamides is 1. The standard InChI is InChI=1S/C17H18ClN5O2S/c1-22(11-13-9-21-23-6-5-19-10-15(13)23)26(24,25)16-8-14(18)7-12-3-2-4-20-17(12)16/h2-4,7-9,19H,5-6,10-11H2,1H3. The van der Waals surface area contributed by atoms with Crippen molar-refractivity contribution in [1.29, 1.82) is 0 Å². The topological polar surface area (TPSA) is 80.1 Å². The van der Waals surface area contributed by atoms with Gasteiger partial charge in [-0.15, -0.1) is 0 Å². The molecular formula is C17H18ClN5O2S. The molecule has 1 aliphatic rings. The molecule has 0 amide bonds. The van der Waals surface area contributed by atoms with Gasteiger partial charge >= 0.3 is 0 Å². The number of nitrogens with one attached hydrogen (secondary N) is 1. The van der Waals surface area contributed by atoms with E-state index in [-0.39, 0.29) is 11.4 Å². The predicted octanol–water partition coefficient (Wildman–Crippen LogP) is 2.01. The summed E-state index contributed by atoms with van der Waals surface area (Å²) in [6.07, 6.45) is 3.32. The lowest BCUT2D eigenvalue weighted by atomic mass is 10.2. The van der Waals surface area contributed by atoms with E-state index >= 15 is 0 Å². The first-order valence-electron chi connectivity index (χ1n) is 8.22. The number of halogens is 1. The highest BCUT2D eigenvalue weighted by molar-refractivity contribution is 7.89. The molecule has 1 aliphatic heterocycles. The van der Waals surface area contributed by atoms with Crippen LogP contribution in [0.15, 0.2) is 41.6 Å². The van der Waals surface area contributed by atoms with E-state index in [1.165, 1.54) is 10.4 Å². The fraction of sp³-hybridized carbons (Fsp3) is 0.294. The van der Waals surface area contributed by atoms with Gasteiger partial charge in [0.25, 0.3) is 0 Å². The molecule has 3 heterocycles. The van der Waals surface area contributed by atoms with Gasteiger partial charge in [0.1, 0.15) is 4.90 Å². The lowest BCUT2D eigenvalue weighted by Gasteiger charge is -2.20. The van der Waals surface area contributed by atoms with Crippen LogP contribution in [-0.2, 0) is 29.7 Å². The van der Waals surface area contributed by atoms with Crippen LogP contribution in [0.3, 0.4) is 0 Å². The lowest BCUT2D eigenvalue weighted by molar-refractivity contribution is 0.451. The summed E-state index contributed by atoms with van der Waals surface area (Å²) in [7, 11) is -2.20. The number of pyridine rings is 1. The third kappa shape index (κ3) is 2.99. The molecule has 1 N–H and O–H groups in total. The Balaban J connectivity index is 1.72. The smallest absolute Gasteiger partial charge is 0.245 e. The van der Waals surface area contributed by atoms with Crippen molar-refractivity contribution >= 4 is 32.5 Å². The zero-order valence-electron chi connectivity index (χ0n) is 14.2. The van der Waals surface area contributed by atoms with Crippen molar-refractivity contribution in [1.82, 2.24) is 24.4 Å². The second-order valence-corrected chi connectivity index (χ2v) is 8.71. The number of hydrogen-bond donors (Lipinski definition) is 1. The fourth-order valence-corrected chi connectivity index (χ4v) is 4.81. The first-order valence-corrected chi connectivity index (χ1v) is 10.0. The Morgan fingerprint density at radius 1 is 1.38 bits per heavy atom. The van der Waals surface area contributed by atoms with E-state index in [9.17, 15) is 8.42 Å². The molecule has 0 fully saturated rings. The minimum Gasteiger partial charge on any atom is -0.309 e. The van der Waals surface area contributed by atoms with Gasteiger partial charge in [-0.1, -0.05) is 17.7 Å². The van der Waals surface area contributed by atoms with Crippen LogP contribution >= 0.6 is 11.6 Å². The Morgan fingerprint density at radius 2 is 2.23 bits per heavy atom. The molecule has 136 valence electrons. The van der Waals surface area contributed by atoms with E-state index in [1.54, 1.807) is 37.6 Å². The van der Waals surface area contributed by atoms with Crippen LogP contribution in [0.1, 0.15) is 11.3 Å². The molecule has 0 bridgehead atoms. The van der Waals surface area contributed by atoms with Gasteiger partial charge in [0.2, 0.25) is 10.0 Å². The summed E-state index contributed by atoms with van der Waals surface area (Å²) in [4.78, 5) is 4.36. The minimum atomic E-state index is -3.76. The van der Waals surface area contributed by atoms with E-state index in [1.807, 2.05) is 4.68 Å². The average Bonchev–Trinajstić information content (AvgIpc) is 3.04. The lowest BCUT2D eigenvalue weighted by Crippen LogP contribution is -2.31. The summed E-state index contributed by atoms with van der Waals surface area (Å²) < 4.78 is 29.6. The van der Waals surface area contributed by atoms with Crippen LogP contribution in [0.5, 0.6) is 0 Å². The highest BCUT2D eigenvalue weighted by Crippen LogP contribution is 2.28. The van der Waals surface area contributed by atoms with Crippen molar-refractivity contribution in [3.63, 3.8) is 0 Å². The maximum absolute atomic E-state index is 13.2. The summed E-state index contributed by atoms with van der Waals surface area (Å²) in [5.74, 6) is 0. The molecule has 0 saturated carbocycles. The third-order valence-electron chi connectivity index (χ3n) is 4.54. The van der Waals surface area contributed by atoms with Crippen LogP contribution in [-0.4, -0.2) is 41.1 Å². The first-order chi connectivity index (χ1) is 12.5. The van der Waals surface area contributed by atoms with Crippen molar-refractivity contribution in [2.24, 2.45) is 0 Å². The number of fused-ring (bicyclic) bond motifs is 2. The second-order valence-electron chi connectivity index (χ2n) is 6.26. The van der Waals surface area contributed by atoms with Crippen molar-refractivity contribution in [3.8, 4) is 0 Å². The highest BCUT2D eigenvalue weighted by Gasteiger charge is 2.26. The molecule has 4 rings (SSSR count). The molecule has 7 nitrogen and oxygen atoms in total. The predicted molar refractivity (Wildman–Crippen MR) is 99.3 cm³/mol. The van der Waals surface area contributed by atoms with Gasteiger partial charge in [-0.3, -0.25) is 9.67 Å². The molecule has 0 spiro atoms. The number of aromatic nitrogens is 3. The van der Waals surface area contributed by atoms with Crippen molar-refractivity contribution in [2.75, 3.05) is 13.6 Å². The molecule has 0 saturated heterocycles. The highest BCUT2D eigenvalue weighted by atomic mass is 35.5. The van der Waals surface area contributed by atoms with E-state index in [0.29, 0.717) is 22.5 Å². The number of nitrogens with zero attached hydrogens (tertiary/aromatic N) is 4. The Morgan fingerprint density at radius 3 is 3.08 bits per heavy atom. The molecule has 26 heavy (non-hydrogen) atoms. The van der Waals surface area contributed by atoms with Gasteiger partial charge in [-0.2, -0.15) is 9.40 Å². The average molecular weight is 392 g/mol. The molecule has 0 atom stereocenters. The zero-order valence-corrected chi connectivity index (χ0v) is 15.8. The van der Waals surface area contributed by atoms with E-state index < -0.39 is 10.0 Å². The van der Waals surface area contributed by atoms with Gasteiger partial charge in [0, 0.05) is 48.9 Å². The van der Waals surface area contributed by atoms with E-state index in [2.05, 4.69) is 15.4 Å². The van der Waals surface area contributed by atoms with E-state index in [0.717, 1.165) is 24.3 Å². The summed E-state index contributed by atoms with van der Waals surface area (Å²) in [5, 5.41) is 8.70. The summed E-state index contributed by atoms with van der Waals surface area (Å²) in [6.45, 7) is 2.57. The van der Waals surface area contributed by atoms with Crippen molar-refractivity contribution < 1.29 is 8.42 Å². The SMILES string of the molecule is CN(Cc1cnn2c1CNCC2)S(=O)(=O)c1cc(Cl)cc2cccnc12. The third-order valence-corrected chi connectivity index (χ3v) is 6.58. The maximum Gasteiger partial charge on any atom is 0.245 e. The molecule has 1 aromatic carbocycles. The molecule has 2 aromatic heterocycles. The van der Waals surface area contributed by atoms with Gasteiger partial charge in [0.05, 0.1) is 24.0 Å². The fourth-order valence-electron chi connectivity index (χ4n) is 3.18. The molecule has 0 radical (unpaired) electrons. The number of rotatable bonds is 4. The Kier molecular flexibility index (Phi) is 4.44. The quantitative estimate of drug-likeness (QED) is 0.735. The Hall–Kier alpha value is -2.00. The molecule has 9 heteroatoms. The van der Waals surface area contributed by atoms with Crippen LogP contribution in [0.4, 0.5) is 0 Å². The Labute approximate surface area is 156 Å². The summed E-state index contributed by atoms with van der Waals surface area (Å²) in [6, 6.07) is 6.72. The largest absolute Gasteiger partial charge is 0.309 e. The monoisotopic (exact) mass is 391 g/mol. The van der Waals surface area contributed by atoms with Gasteiger partial charge in [-0.05, 0) is 18.2 Å². The molecule has 0 unspecified atom stereocenters. The van der Waals surface area contributed by atoms with Crippen molar-refractivity contribution in [3.05, 3.63) is 52.9 Å². The summed E-state index contributed by atoms with van der Waals surface area (Å²) >= 11 is 6.14. The van der Waals surface area contributed by atoms with Gasteiger partial charge in [0.15, 0.2) is 0 Å². The molecular weight excluding hydrogens is 374 g/mol. The zero-order chi connectivity index (χ0) is 18.3. The van der Waals surface area contributed by atoms with Crippen LogP contribution in [0.2, 0.25) is 5.02 Å². The maximum atomic E-state index is 13.2. The number of benzene rings is 1. The van der Waals surface area contributed by atoms with E-state index in [4.69, 9.17) is 11.6 Å². The van der Waals surface area contributed by atoms with Crippen LogP contribution in [0, 0.1) is 0 Å². The Bertz CT molecular complexity index is 1080. The minimum absolute atomic E-state index is 0.113. The van der Waals surface area contributed by atoms with Gasteiger partial charge in [-0.25, -0.2) is 8.42 Å². The normalized spacial score (nSPS) is 14.7. The van der Waals surface area contributed by atoms with Gasteiger partial charge < -0.3 is 5.32 Å². The second kappa shape index (κ2) is 6.62. The van der Waals surface area contributed by atoms with Crippen LogP contribution < -0.4 is 5.32 Å². The molecule has 0 aliphatic carbocycles. The van der Waals surface area contributed by atoms with Crippen molar-refractivity contribution in [2.45, 2.75) is 24.5 Å². The first kappa shape index (κ1) is 17.4. The van der Waals surface area contributed by atoms with Crippen LogP contribution in [0.25, 0.3) is 10.9 Å². The number of hydrogen-bond acceptors (Lipinski definition) is 5.